The number of aliphatic imine (C=N–C) groups is 1. The van der Waals surface area contributed by atoms with Crippen molar-refractivity contribution in [2.75, 3.05) is 51.2 Å². The molecule has 6 nitrogen and oxygen atoms in total. The van der Waals surface area contributed by atoms with Gasteiger partial charge in [0.05, 0.1) is 0 Å². The molecule has 3 heterocycles. The number of nitrogens with zero attached hydrogens (tertiary/aromatic N) is 4. The summed E-state index contributed by atoms with van der Waals surface area (Å²) in [4.78, 5) is 13.1. The quantitative estimate of drug-likeness (QED) is 0.444. The summed E-state index contributed by atoms with van der Waals surface area (Å²) >= 11 is 0. The first-order valence-electron chi connectivity index (χ1n) is 10.6. The van der Waals surface area contributed by atoms with Crippen LogP contribution in [0.15, 0.2) is 23.3 Å². The summed E-state index contributed by atoms with van der Waals surface area (Å²) in [6.45, 7) is 10.7. The van der Waals surface area contributed by atoms with Crippen molar-refractivity contribution < 1.29 is 4.39 Å². The molecule has 0 spiro atoms. The second-order valence-corrected chi connectivity index (χ2v) is 8.44. The summed E-state index contributed by atoms with van der Waals surface area (Å²) in [6.07, 6.45) is 5.05. The first kappa shape index (κ1) is 20.8. The van der Waals surface area contributed by atoms with Gasteiger partial charge in [-0.3, -0.25) is 4.99 Å². The molecule has 156 valence electrons. The highest BCUT2D eigenvalue weighted by atomic mass is 19.1. The first-order valence-corrected chi connectivity index (χ1v) is 10.6. The monoisotopic (exact) mass is 390 g/mol. The fourth-order valence-corrected chi connectivity index (χ4v) is 4.55. The largest absolute Gasteiger partial charge is 0.356 e. The molecule has 2 saturated heterocycles. The number of likely N-dealkylation sites (tertiary alicyclic amines) is 1. The SMILES string of the molecule is CN=C(NCCCN1CC(C)CC(C)C1)NC1CCN(c2ncccc2F)C1. The Bertz CT molecular complexity index is 642. The third kappa shape index (κ3) is 5.80. The maximum atomic E-state index is 13.9. The van der Waals surface area contributed by atoms with E-state index in [1.807, 2.05) is 4.90 Å². The number of pyridine rings is 1. The van der Waals surface area contributed by atoms with E-state index in [0.717, 1.165) is 56.8 Å². The summed E-state index contributed by atoms with van der Waals surface area (Å²) in [5.74, 6) is 2.63. The second kappa shape index (κ2) is 10.0. The minimum atomic E-state index is -0.257. The molecule has 1 aromatic rings. The highest BCUT2D eigenvalue weighted by molar-refractivity contribution is 5.80. The number of hydrogen-bond donors (Lipinski definition) is 2. The molecule has 2 N–H and O–H groups in total. The van der Waals surface area contributed by atoms with Gasteiger partial charge in [-0.15, -0.1) is 0 Å². The zero-order valence-corrected chi connectivity index (χ0v) is 17.5. The van der Waals surface area contributed by atoms with E-state index in [2.05, 4.69) is 39.4 Å². The first-order chi connectivity index (χ1) is 13.5. The molecule has 2 fully saturated rings. The van der Waals surface area contributed by atoms with Gasteiger partial charge in [-0.05, 0) is 49.8 Å². The molecule has 0 aromatic carbocycles. The zero-order chi connectivity index (χ0) is 19.9. The van der Waals surface area contributed by atoms with Gasteiger partial charge in [0.25, 0.3) is 0 Å². The lowest BCUT2D eigenvalue weighted by molar-refractivity contribution is 0.140. The van der Waals surface area contributed by atoms with E-state index in [9.17, 15) is 4.39 Å². The molecule has 1 aromatic heterocycles. The maximum Gasteiger partial charge on any atom is 0.191 e. The zero-order valence-electron chi connectivity index (χ0n) is 17.5. The summed E-state index contributed by atoms with van der Waals surface area (Å²) in [6, 6.07) is 3.34. The average Bonchev–Trinajstić information content (AvgIpc) is 3.12. The number of hydrogen-bond acceptors (Lipinski definition) is 4. The number of nitrogens with one attached hydrogen (secondary N) is 2. The number of anilines is 1. The van der Waals surface area contributed by atoms with Gasteiger partial charge < -0.3 is 20.4 Å². The molecule has 28 heavy (non-hydrogen) atoms. The van der Waals surface area contributed by atoms with E-state index in [1.165, 1.54) is 25.6 Å². The predicted octanol–water partition coefficient (Wildman–Crippen LogP) is 2.33. The molecule has 2 aliphatic rings. The van der Waals surface area contributed by atoms with Crippen LogP contribution in [0.3, 0.4) is 0 Å². The fraction of sp³-hybridized carbons (Fsp3) is 0.714. The summed E-state index contributed by atoms with van der Waals surface area (Å²) < 4.78 is 13.9. The fourth-order valence-electron chi connectivity index (χ4n) is 4.55. The predicted molar refractivity (Wildman–Crippen MR) is 113 cm³/mol. The van der Waals surface area contributed by atoms with Crippen LogP contribution < -0.4 is 15.5 Å². The molecule has 0 saturated carbocycles. The third-order valence-corrected chi connectivity index (χ3v) is 5.68. The highest BCUT2D eigenvalue weighted by Gasteiger charge is 2.26. The van der Waals surface area contributed by atoms with Crippen molar-refractivity contribution in [2.45, 2.75) is 39.2 Å². The Hall–Kier alpha value is -1.89. The van der Waals surface area contributed by atoms with Crippen molar-refractivity contribution in [1.29, 1.82) is 0 Å². The van der Waals surface area contributed by atoms with Crippen molar-refractivity contribution in [3.63, 3.8) is 0 Å². The van der Waals surface area contributed by atoms with Crippen LogP contribution in [0.5, 0.6) is 0 Å². The second-order valence-electron chi connectivity index (χ2n) is 8.44. The van der Waals surface area contributed by atoms with Crippen LogP contribution in [-0.2, 0) is 0 Å². The van der Waals surface area contributed by atoms with Gasteiger partial charge >= 0.3 is 0 Å². The summed E-state index contributed by atoms with van der Waals surface area (Å²) in [7, 11) is 1.80. The number of aromatic nitrogens is 1. The highest BCUT2D eigenvalue weighted by Crippen LogP contribution is 2.21. The lowest BCUT2D eigenvalue weighted by Gasteiger charge is -2.35. The normalized spacial score (nSPS) is 26.5. The average molecular weight is 391 g/mol. The minimum Gasteiger partial charge on any atom is -0.356 e. The Morgan fingerprint density at radius 2 is 2.07 bits per heavy atom. The van der Waals surface area contributed by atoms with Crippen LogP contribution >= 0.6 is 0 Å². The van der Waals surface area contributed by atoms with Crippen molar-refractivity contribution in [2.24, 2.45) is 16.8 Å². The molecular weight excluding hydrogens is 355 g/mol. The van der Waals surface area contributed by atoms with E-state index < -0.39 is 0 Å². The lowest BCUT2D eigenvalue weighted by Crippen LogP contribution is -2.45. The Labute approximate surface area is 168 Å². The van der Waals surface area contributed by atoms with Crippen LogP contribution in [0.4, 0.5) is 10.2 Å². The molecule has 0 aliphatic carbocycles. The summed E-state index contributed by atoms with van der Waals surface area (Å²) in [5, 5.41) is 6.90. The molecule has 0 amide bonds. The van der Waals surface area contributed by atoms with Gasteiger partial charge in [-0.25, -0.2) is 9.37 Å². The van der Waals surface area contributed by atoms with Crippen molar-refractivity contribution in [1.82, 2.24) is 20.5 Å². The van der Waals surface area contributed by atoms with E-state index in [-0.39, 0.29) is 11.9 Å². The van der Waals surface area contributed by atoms with E-state index >= 15 is 0 Å². The molecule has 0 bridgehead atoms. The van der Waals surface area contributed by atoms with Gasteiger partial charge in [0.1, 0.15) is 0 Å². The Kier molecular flexibility index (Phi) is 7.48. The Balaban J connectivity index is 1.37. The van der Waals surface area contributed by atoms with E-state index in [1.54, 1.807) is 19.3 Å². The topological polar surface area (TPSA) is 55.8 Å². The Morgan fingerprint density at radius 1 is 1.29 bits per heavy atom. The van der Waals surface area contributed by atoms with Crippen molar-refractivity contribution in [3.8, 4) is 0 Å². The number of piperidine rings is 1. The summed E-state index contributed by atoms with van der Waals surface area (Å²) in [5.41, 5.74) is 0. The van der Waals surface area contributed by atoms with Crippen LogP contribution in [-0.4, -0.2) is 68.2 Å². The maximum absolute atomic E-state index is 13.9. The molecule has 0 radical (unpaired) electrons. The van der Waals surface area contributed by atoms with Crippen LogP contribution in [0.25, 0.3) is 0 Å². The standard InChI is InChI=1S/C21H35FN6/c1-16-12-17(2)14-27(13-16)10-5-9-25-21(23-3)26-18-7-11-28(15-18)20-19(22)6-4-8-24-20/h4,6,8,16-18H,5,7,9-15H2,1-3H3,(H2,23,25,26). The van der Waals surface area contributed by atoms with Crippen molar-refractivity contribution >= 4 is 11.8 Å². The van der Waals surface area contributed by atoms with Gasteiger partial charge in [-0.2, -0.15) is 0 Å². The smallest absolute Gasteiger partial charge is 0.191 e. The van der Waals surface area contributed by atoms with Gasteiger partial charge in [0.2, 0.25) is 0 Å². The number of rotatable bonds is 6. The molecular formula is C21H35FN6. The Morgan fingerprint density at radius 3 is 2.79 bits per heavy atom. The van der Waals surface area contributed by atoms with E-state index in [4.69, 9.17) is 0 Å². The van der Waals surface area contributed by atoms with Crippen LogP contribution in [0.2, 0.25) is 0 Å². The van der Waals surface area contributed by atoms with Gasteiger partial charge in [0.15, 0.2) is 17.6 Å². The molecule has 3 unspecified atom stereocenters. The third-order valence-electron chi connectivity index (χ3n) is 5.68. The molecule has 3 atom stereocenters. The molecule has 3 rings (SSSR count). The van der Waals surface area contributed by atoms with E-state index in [0.29, 0.717) is 5.82 Å². The van der Waals surface area contributed by atoms with Crippen molar-refractivity contribution in [3.05, 3.63) is 24.1 Å². The molecule has 7 heteroatoms. The van der Waals surface area contributed by atoms with Gasteiger partial charge in [0, 0.05) is 52.0 Å². The number of guanidine groups is 1. The molecule has 2 aliphatic heterocycles. The van der Waals surface area contributed by atoms with Crippen LogP contribution in [0, 0.1) is 17.7 Å². The number of halogens is 1. The minimum absolute atomic E-state index is 0.247. The lowest BCUT2D eigenvalue weighted by atomic mass is 9.92. The van der Waals surface area contributed by atoms with Gasteiger partial charge in [-0.1, -0.05) is 13.8 Å². The van der Waals surface area contributed by atoms with Crippen LogP contribution in [0.1, 0.15) is 33.1 Å².